The van der Waals surface area contributed by atoms with E-state index in [9.17, 15) is 0 Å². The monoisotopic (exact) mass is 266 g/mol. The third-order valence-corrected chi connectivity index (χ3v) is 4.06. The standard InChI is InChI=1S/C15H23ClN2/c1-3-17-10-14-5-4-8-18(14)11-13-7-6-12(2)9-15(13)16/h6-7,9,14,17H,3-5,8,10-11H2,1-2H3. The van der Waals surface area contributed by atoms with Gasteiger partial charge in [0.15, 0.2) is 0 Å². The number of halogens is 1. The van der Waals surface area contributed by atoms with E-state index in [1.807, 2.05) is 0 Å². The zero-order valence-corrected chi connectivity index (χ0v) is 12.1. The molecule has 1 heterocycles. The Bertz CT molecular complexity index is 392. The first kappa shape index (κ1) is 13.9. The zero-order valence-electron chi connectivity index (χ0n) is 11.4. The van der Waals surface area contributed by atoms with E-state index in [4.69, 9.17) is 11.6 Å². The summed E-state index contributed by atoms with van der Waals surface area (Å²) in [4.78, 5) is 2.55. The number of likely N-dealkylation sites (N-methyl/N-ethyl adjacent to an activating group) is 1. The third-order valence-electron chi connectivity index (χ3n) is 3.71. The predicted octanol–water partition coefficient (Wildman–Crippen LogP) is 3.22. The summed E-state index contributed by atoms with van der Waals surface area (Å²) in [6, 6.07) is 7.05. The van der Waals surface area contributed by atoms with Gasteiger partial charge in [-0.2, -0.15) is 0 Å². The molecule has 1 saturated heterocycles. The minimum atomic E-state index is 0.669. The molecule has 0 radical (unpaired) electrons. The smallest absolute Gasteiger partial charge is 0.0453 e. The second-order valence-corrected chi connectivity index (χ2v) is 5.58. The van der Waals surface area contributed by atoms with Gasteiger partial charge in [0.05, 0.1) is 0 Å². The van der Waals surface area contributed by atoms with Crippen LogP contribution in [0.5, 0.6) is 0 Å². The highest BCUT2D eigenvalue weighted by Crippen LogP contribution is 2.24. The van der Waals surface area contributed by atoms with E-state index in [1.165, 1.54) is 30.5 Å². The summed E-state index contributed by atoms with van der Waals surface area (Å²) in [7, 11) is 0. The Morgan fingerprint density at radius 1 is 1.44 bits per heavy atom. The Morgan fingerprint density at radius 3 is 3.00 bits per heavy atom. The van der Waals surface area contributed by atoms with Crippen LogP contribution in [0.3, 0.4) is 0 Å². The van der Waals surface area contributed by atoms with Gasteiger partial charge in [-0.3, -0.25) is 4.90 Å². The molecule has 1 N–H and O–H groups in total. The van der Waals surface area contributed by atoms with Crippen LogP contribution in [0.15, 0.2) is 18.2 Å². The fraction of sp³-hybridized carbons (Fsp3) is 0.600. The highest BCUT2D eigenvalue weighted by molar-refractivity contribution is 6.31. The van der Waals surface area contributed by atoms with Gasteiger partial charge in [0, 0.05) is 24.2 Å². The summed E-state index contributed by atoms with van der Waals surface area (Å²) in [5.41, 5.74) is 2.49. The zero-order chi connectivity index (χ0) is 13.0. The molecule has 1 unspecified atom stereocenters. The van der Waals surface area contributed by atoms with Gasteiger partial charge in [-0.05, 0) is 50.0 Å². The van der Waals surface area contributed by atoms with Crippen LogP contribution in [0.1, 0.15) is 30.9 Å². The summed E-state index contributed by atoms with van der Waals surface area (Å²) in [5.74, 6) is 0. The van der Waals surface area contributed by atoms with E-state index in [2.05, 4.69) is 42.3 Å². The van der Waals surface area contributed by atoms with Crippen molar-refractivity contribution in [2.45, 2.75) is 39.3 Å². The summed E-state index contributed by atoms with van der Waals surface area (Å²) in [6.07, 6.45) is 2.61. The van der Waals surface area contributed by atoms with Crippen molar-refractivity contribution < 1.29 is 0 Å². The molecule has 18 heavy (non-hydrogen) atoms. The minimum absolute atomic E-state index is 0.669. The van der Waals surface area contributed by atoms with Gasteiger partial charge >= 0.3 is 0 Å². The summed E-state index contributed by atoms with van der Waals surface area (Å²) >= 11 is 6.32. The molecular formula is C15H23ClN2. The highest BCUT2D eigenvalue weighted by Gasteiger charge is 2.24. The van der Waals surface area contributed by atoms with Crippen LogP contribution in [0, 0.1) is 6.92 Å². The maximum Gasteiger partial charge on any atom is 0.0453 e. The Kier molecular flexibility index (Phi) is 5.04. The number of aryl methyl sites for hydroxylation is 1. The maximum atomic E-state index is 6.32. The highest BCUT2D eigenvalue weighted by atomic mass is 35.5. The summed E-state index contributed by atoms with van der Waals surface area (Å²) < 4.78 is 0. The molecule has 0 amide bonds. The molecule has 2 rings (SSSR count). The molecule has 1 atom stereocenters. The Morgan fingerprint density at radius 2 is 2.28 bits per heavy atom. The molecule has 0 bridgehead atoms. The second-order valence-electron chi connectivity index (χ2n) is 5.17. The Hall–Kier alpha value is -0.570. The van der Waals surface area contributed by atoms with Crippen molar-refractivity contribution in [2.75, 3.05) is 19.6 Å². The number of benzene rings is 1. The molecule has 0 saturated carbocycles. The summed E-state index contributed by atoms with van der Waals surface area (Å²) in [5, 5.41) is 4.36. The van der Waals surface area contributed by atoms with Crippen LogP contribution in [0.4, 0.5) is 0 Å². The molecule has 1 aliphatic rings. The van der Waals surface area contributed by atoms with Gasteiger partial charge < -0.3 is 5.32 Å². The van der Waals surface area contributed by atoms with E-state index >= 15 is 0 Å². The number of hydrogen-bond donors (Lipinski definition) is 1. The van der Waals surface area contributed by atoms with Gasteiger partial charge in [-0.15, -0.1) is 0 Å². The predicted molar refractivity (Wildman–Crippen MR) is 78.2 cm³/mol. The van der Waals surface area contributed by atoms with Crippen LogP contribution in [0.25, 0.3) is 0 Å². The third kappa shape index (κ3) is 3.47. The van der Waals surface area contributed by atoms with Crippen LogP contribution in [0.2, 0.25) is 5.02 Å². The average molecular weight is 267 g/mol. The van der Waals surface area contributed by atoms with Crippen molar-refractivity contribution in [3.05, 3.63) is 34.3 Å². The quantitative estimate of drug-likeness (QED) is 0.880. The van der Waals surface area contributed by atoms with Crippen LogP contribution in [-0.2, 0) is 6.54 Å². The SMILES string of the molecule is CCNCC1CCCN1Cc1ccc(C)cc1Cl. The number of rotatable bonds is 5. The van der Waals surface area contributed by atoms with Gasteiger partial charge in [-0.1, -0.05) is 30.7 Å². The molecule has 3 heteroatoms. The molecule has 0 aromatic heterocycles. The lowest BCUT2D eigenvalue weighted by Crippen LogP contribution is -2.37. The summed E-state index contributed by atoms with van der Waals surface area (Å²) in [6.45, 7) is 8.57. The van der Waals surface area contributed by atoms with Crippen molar-refractivity contribution in [1.29, 1.82) is 0 Å². The second kappa shape index (κ2) is 6.55. The first-order valence-corrected chi connectivity index (χ1v) is 7.28. The van der Waals surface area contributed by atoms with Crippen molar-refractivity contribution >= 4 is 11.6 Å². The molecule has 1 aromatic carbocycles. The fourth-order valence-electron chi connectivity index (χ4n) is 2.64. The molecule has 2 nitrogen and oxygen atoms in total. The molecule has 1 aromatic rings. The van der Waals surface area contributed by atoms with Gasteiger partial charge in [-0.25, -0.2) is 0 Å². The van der Waals surface area contributed by atoms with E-state index in [0.29, 0.717) is 6.04 Å². The molecule has 1 aliphatic heterocycles. The van der Waals surface area contributed by atoms with Gasteiger partial charge in [0.1, 0.15) is 0 Å². The topological polar surface area (TPSA) is 15.3 Å². The maximum absolute atomic E-state index is 6.32. The first-order valence-electron chi connectivity index (χ1n) is 6.90. The number of hydrogen-bond acceptors (Lipinski definition) is 2. The van der Waals surface area contributed by atoms with Crippen molar-refractivity contribution in [3.8, 4) is 0 Å². The largest absolute Gasteiger partial charge is 0.315 e. The van der Waals surface area contributed by atoms with Crippen LogP contribution >= 0.6 is 11.6 Å². The van der Waals surface area contributed by atoms with E-state index in [-0.39, 0.29) is 0 Å². The lowest BCUT2D eigenvalue weighted by atomic mass is 10.1. The lowest BCUT2D eigenvalue weighted by Gasteiger charge is -2.25. The molecule has 0 aliphatic carbocycles. The molecular weight excluding hydrogens is 244 g/mol. The average Bonchev–Trinajstić information content (AvgIpc) is 2.77. The van der Waals surface area contributed by atoms with Gasteiger partial charge in [0.2, 0.25) is 0 Å². The van der Waals surface area contributed by atoms with E-state index in [0.717, 1.165) is 24.7 Å². The van der Waals surface area contributed by atoms with Crippen molar-refractivity contribution in [2.24, 2.45) is 0 Å². The molecule has 0 spiro atoms. The molecule has 1 fully saturated rings. The minimum Gasteiger partial charge on any atom is -0.315 e. The molecule has 100 valence electrons. The Balaban J connectivity index is 1.99. The van der Waals surface area contributed by atoms with Crippen LogP contribution < -0.4 is 5.32 Å². The fourth-order valence-corrected chi connectivity index (χ4v) is 2.94. The number of nitrogens with zero attached hydrogens (tertiary/aromatic N) is 1. The van der Waals surface area contributed by atoms with E-state index < -0.39 is 0 Å². The van der Waals surface area contributed by atoms with Crippen LogP contribution in [-0.4, -0.2) is 30.6 Å². The normalized spacial score (nSPS) is 20.5. The first-order chi connectivity index (χ1) is 8.70. The van der Waals surface area contributed by atoms with Crippen molar-refractivity contribution in [1.82, 2.24) is 10.2 Å². The number of likely N-dealkylation sites (tertiary alicyclic amines) is 1. The van der Waals surface area contributed by atoms with Crippen molar-refractivity contribution in [3.63, 3.8) is 0 Å². The van der Waals surface area contributed by atoms with E-state index in [1.54, 1.807) is 0 Å². The number of nitrogens with one attached hydrogen (secondary N) is 1. The van der Waals surface area contributed by atoms with Gasteiger partial charge in [0.25, 0.3) is 0 Å². The Labute approximate surface area is 115 Å². The lowest BCUT2D eigenvalue weighted by molar-refractivity contribution is 0.240.